The van der Waals surface area contributed by atoms with Gasteiger partial charge in [-0.3, -0.25) is 0 Å². The number of benzene rings is 6. The Morgan fingerprint density at radius 3 is 1.84 bits per heavy atom. The lowest BCUT2D eigenvalue weighted by molar-refractivity contribution is 0.0109. The molecule has 0 saturated heterocycles. The molecule has 0 aromatic heterocycles. The smallest absolute Gasteiger partial charge is 0.143 e. The minimum atomic E-state index is -0.829. The number of azo groups is 1. The zero-order valence-corrected chi connectivity index (χ0v) is 24.4. The lowest BCUT2D eigenvalue weighted by Gasteiger charge is -2.36. The summed E-state index contributed by atoms with van der Waals surface area (Å²) in [6.07, 6.45) is 2.76. The lowest BCUT2D eigenvalue weighted by Crippen LogP contribution is -2.33. The molecule has 0 unspecified atom stereocenters. The van der Waals surface area contributed by atoms with Crippen LogP contribution in [0.4, 0.5) is 11.4 Å². The number of ether oxygens (including phenoxy) is 1. The average Bonchev–Trinajstić information content (AvgIpc) is 3.08. The van der Waals surface area contributed by atoms with Gasteiger partial charge < -0.3 is 14.9 Å². The third-order valence-electron chi connectivity index (χ3n) is 7.89. The molecule has 0 aliphatic rings. The molecule has 0 aliphatic heterocycles. The summed E-state index contributed by atoms with van der Waals surface area (Å²) in [6.45, 7) is 0.559. The zero-order valence-electron chi connectivity index (χ0n) is 24.4. The molecule has 6 rings (SSSR count). The van der Waals surface area contributed by atoms with Gasteiger partial charge in [-0.15, -0.1) is 5.11 Å². The maximum absolute atomic E-state index is 10.5. The van der Waals surface area contributed by atoms with E-state index in [1.165, 1.54) is 5.56 Å². The Balaban J connectivity index is 1.30. The van der Waals surface area contributed by atoms with Gasteiger partial charge in [-0.05, 0) is 77.2 Å². The van der Waals surface area contributed by atoms with E-state index in [9.17, 15) is 10.2 Å². The highest BCUT2D eigenvalue weighted by Gasteiger charge is 2.37. The maximum Gasteiger partial charge on any atom is 0.143 e. The fourth-order valence-electron chi connectivity index (χ4n) is 5.63. The Bertz CT molecular complexity index is 1800. The number of fused-ring (bicyclic) bond motifs is 1. The summed E-state index contributed by atoms with van der Waals surface area (Å²) in [4.78, 5) is 0. The molecule has 218 valence electrons. The van der Waals surface area contributed by atoms with E-state index in [-0.39, 0.29) is 11.5 Å². The summed E-state index contributed by atoms with van der Waals surface area (Å²) < 4.78 is 6.95. The molecule has 0 spiro atoms. The van der Waals surface area contributed by atoms with Crippen LogP contribution in [0.25, 0.3) is 10.8 Å². The first-order valence-electron chi connectivity index (χ1n) is 14.9. The molecule has 0 aliphatic carbocycles. The molecule has 5 nitrogen and oxygen atoms in total. The van der Waals surface area contributed by atoms with E-state index >= 15 is 0 Å². The Morgan fingerprint density at radius 1 is 0.545 bits per heavy atom. The van der Waals surface area contributed by atoms with Crippen LogP contribution < -0.4 is 0 Å². The molecular weight excluding hydrogens is 544 g/mol. The van der Waals surface area contributed by atoms with Crippen molar-refractivity contribution in [1.29, 1.82) is 0 Å². The van der Waals surface area contributed by atoms with Gasteiger partial charge in [0.15, 0.2) is 0 Å². The van der Waals surface area contributed by atoms with Crippen LogP contribution in [0.1, 0.15) is 35.1 Å². The first-order chi connectivity index (χ1) is 21.6. The van der Waals surface area contributed by atoms with Gasteiger partial charge in [0, 0.05) is 12.0 Å². The number of hydrogen-bond acceptors (Lipinski definition) is 5. The Morgan fingerprint density at radius 2 is 1.16 bits per heavy atom. The largest absolute Gasteiger partial charge is 0.508 e. The van der Waals surface area contributed by atoms with E-state index in [0.29, 0.717) is 18.0 Å². The van der Waals surface area contributed by atoms with Gasteiger partial charge in [0.25, 0.3) is 0 Å². The van der Waals surface area contributed by atoms with Crippen molar-refractivity contribution in [3.63, 3.8) is 0 Å². The third-order valence-corrected chi connectivity index (χ3v) is 7.89. The van der Waals surface area contributed by atoms with Gasteiger partial charge in [0.1, 0.15) is 22.8 Å². The van der Waals surface area contributed by atoms with Crippen LogP contribution in [0.5, 0.6) is 11.5 Å². The highest BCUT2D eigenvalue weighted by molar-refractivity contribution is 5.95. The second-order valence-electron chi connectivity index (χ2n) is 10.8. The quantitative estimate of drug-likeness (QED) is 0.0913. The number of phenolic OH excluding ortho intramolecular Hbond substituents is 2. The van der Waals surface area contributed by atoms with Crippen LogP contribution in [0.3, 0.4) is 0 Å². The number of rotatable bonds is 11. The molecule has 0 radical (unpaired) electrons. The van der Waals surface area contributed by atoms with Crippen molar-refractivity contribution >= 4 is 22.1 Å². The van der Waals surface area contributed by atoms with Crippen LogP contribution in [0.15, 0.2) is 156 Å². The molecule has 44 heavy (non-hydrogen) atoms. The minimum absolute atomic E-state index is 0.0926. The summed E-state index contributed by atoms with van der Waals surface area (Å²) in [5.74, 6) is 0.377. The molecule has 0 atom stereocenters. The van der Waals surface area contributed by atoms with E-state index in [4.69, 9.17) is 4.74 Å². The van der Waals surface area contributed by atoms with Crippen molar-refractivity contribution in [2.45, 2.75) is 24.9 Å². The second kappa shape index (κ2) is 13.4. The fraction of sp³-hybridized carbons (Fsp3) is 0.128. The van der Waals surface area contributed by atoms with Gasteiger partial charge >= 0.3 is 0 Å². The Labute approximate surface area is 257 Å². The summed E-state index contributed by atoms with van der Waals surface area (Å²) in [5.41, 5.74) is 4.56. The molecule has 5 heteroatoms. The van der Waals surface area contributed by atoms with E-state index in [1.54, 1.807) is 18.2 Å². The highest BCUT2D eigenvalue weighted by Crippen LogP contribution is 2.42. The van der Waals surface area contributed by atoms with Crippen LogP contribution >= 0.6 is 0 Å². The molecule has 0 fully saturated rings. The molecule has 0 bridgehead atoms. The standard InChI is InChI=1S/C39H34N2O3/c42-35-25-18-29(19-26-35)11-9-10-28-44-39(31-13-3-1-4-14-31,32-15-5-2-6-16-32)33-21-23-34(24-22-33)40-41-38-36-17-8-7-12-30(36)20-27-37(38)43/h1-8,12-27,42-43H,9-11,28H2. The van der Waals surface area contributed by atoms with E-state index in [1.807, 2.05) is 103 Å². The topological polar surface area (TPSA) is 74.4 Å². The predicted molar refractivity (Wildman–Crippen MR) is 176 cm³/mol. The predicted octanol–water partition coefficient (Wildman–Crippen LogP) is 10.00. The van der Waals surface area contributed by atoms with Gasteiger partial charge in [-0.25, -0.2) is 0 Å². The highest BCUT2D eigenvalue weighted by atomic mass is 16.5. The van der Waals surface area contributed by atoms with E-state index in [2.05, 4.69) is 34.5 Å². The minimum Gasteiger partial charge on any atom is -0.508 e. The number of nitrogens with zero attached hydrogens (tertiary/aromatic N) is 2. The van der Waals surface area contributed by atoms with Crippen LogP contribution in [-0.4, -0.2) is 16.8 Å². The monoisotopic (exact) mass is 578 g/mol. The lowest BCUT2D eigenvalue weighted by atomic mass is 9.80. The van der Waals surface area contributed by atoms with E-state index in [0.717, 1.165) is 46.7 Å². The molecule has 6 aromatic carbocycles. The Hall–Kier alpha value is -5.26. The van der Waals surface area contributed by atoms with Crippen LogP contribution in [-0.2, 0) is 16.8 Å². The van der Waals surface area contributed by atoms with E-state index < -0.39 is 5.60 Å². The van der Waals surface area contributed by atoms with Gasteiger partial charge in [-0.2, -0.15) is 5.11 Å². The van der Waals surface area contributed by atoms with Crippen molar-refractivity contribution in [2.75, 3.05) is 6.61 Å². The van der Waals surface area contributed by atoms with Crippen LogP contribution in [0.2, 0.25) is 0 Å². The van der Waals surface area contributed by atoms with Gasteiger partial charge in [-0.1, -0.05) is 115 Å². The fourth-order valence-corrected chi connectivity index (χ4v) is 5.63. The zero-order chi connectivity index (χ0) is 30.2. The average molecular weight is 579 g/mol. The third kappa shape index (κ3) is 6.24. The van der Waals surface area contributed by atoms with Crippen LogP contribution in [0, 0.1) is 0 Å². The SMILES string of the molecule is Oc1ccc(CCCCOC(c2ccccc2)(c2ccccc2)c2ccc(N=Nc3c(O)ccc4ccccc34)cc2)cc1. The molecular formula is C39H34N2O3. The number of unbranched alkanes of at least 4 members (excludes halogenated alkanes) is 1. The summed E-state index contributed by atoms with van der Waals surface area (Å²) in [7, 11) is 0. The van der Waals surface area contributed by atoms with Crippen molar-refractivity contribution in [2.24, 2.45) is 10.2 Å². The Kier molecular flexibility index (Phi) is 8.76. The van der Waals surface area contributed by atoms with Gasteiger partial charge in [0.2, 0.25) is 0 Å². The van der Waals surface area contributed by atoms with Gasteiger partial charge in [0.05, 0.1) is 5.69 Å². The number of hydrogen-bond donors (Lipinski definition) is 2. The normalized spacial score (nSPS) is 11.7. The second-order valence-corrected chi connectivity index (χ2v) is 10.8. The molecule has 0 amide bonds. The van der Waals surface area contributed by atoms with Crippen molar-refractivity contribution in [3.8, 4) is 11.5 Å². The number of phenols is 2. The molecule has 0 saturated carbocycles. The number of aromatic hydroxyl groups is 2. The molecule has 0 heterocycles. The maximum atomic E-state index is 10.5. The summed E-state index contributed by atoms with van der Waals surface area (Å²) in [5, 5.41) is 30.9. The summed E-state index contributed by atoms with van der Waals surface area (Å²) >= 11 is 0. The van der Waals surface area contributed by atoms with Crippen molar-refractivity contribution < 1.29 is 14.9 Å². The first-order valence-corrected chi connectivity index (χ1v) is 14.9. The first kappa shape index (κ1) is 28.8. The number of aryl methyl sites for hydroxylation is 1. The summed E-state index contributed by atoms with van der Waals surface area (Å²) in [6, 6.07) is 47.4. The molecule has 2 N–H and O–H groups in total. The van der Waals surface area contributed by atoms with Crippen molar-refractivity contribution in [1.82, 2.24) is 0 Å². The van der Waals surface area contributed by atoms with Crippen molar-refractivity contribution in [3.05, 3.63) is 168 Å². The molecule has 6 aromatic rings.